The van der Waals surface area contributed by atoms with E-state index in [9.17, 15) is 18.0 Å². The lowest BCUT2D eigenvalue weighted by molar-refractivity contribution is 0.102. The Balaban J connectivity index is 1.63. The summed E-state index contributed by atoms with van der Waals surface area (Å²) in [5, 5.41) is 2.59. The lowest BCUT2D eigenvalue weighted by Crippen LogP contribution is -2.49. The van der Waals surface area contributed by atoms with Gasteiger partial charge in [0.05, 0.1) is 12.5 Å². The summed E-state index contributed by atoms with van der Waals surface area (Å²) in [6.07, 6.45) is 6.27. The molecule has 0 unspecified atom stereocenters. The monoisotopic (exact) mass is 389 g/mol. The number of anilines is 1. The molecule has 0 radical (unpaired) electrons. The number of sulfonamides is 1. The van der Waals surface area contributed by atoms with Gasteiger partial charge in [0.25, 0.3) is 11.5 Å². The Bertz CT molecular complexity index is 1050. The predicted molar refractivity (Wildman–Crippen MR) is 98.0 cm³/mol. The summed E-state index contributed by atoms with van der Waals surface area (Å²) in [6.45, 7) is 1.23. The molecule has 1 fully saturated rings. The van der Waals surface area contributed by atoms with E-state index in [2.05, 4.69) is 15.3 Å². The number of amides is 1. The lowest BCUT2D eigenvalue weighted by atomic mass is 9.84. The second-order valence-electron chi connectivity index (χ2n) is 7.01. The smallest absolute Gasteiger partial charge is 0.276 e. The van der Waals surface area contributed by atoms with E-state index in [0.717, 1.165) is 12.1 Å². The molecule has 10 heteroatoms. The molecule has 2 atom stereocenters. The van der Waals surface area contributed by atoms with Gasteiger partial charge >= 0.3 is 0 Å². The van der Waals surface area contributed by atoms with Crippen LogP contribution in [-0.4, -0.2) is 52.5 Å². The zero-order valence-corrected chi connectivity index (χ0v) is 15.5. The molecule has 0 aromatic carbocycles. The molecular formula is C17H19N5O4S. The third-order valence-electron chi connectivity index (χ3n) is 5.08. The van der Waals surface area contributed by atoms with Crippen LogP contribution in [0.1, 0.15) is 28.5 Å². The van der Waals surface area contributed by atoms with E-state index in [1.807, 2.05) is 0 Å². The van der Waals surface area contributed by atoms with Gasteiger partial charge in [0, 0.05) is 43.6 Å². The molecule has 0 aliphatic carbocycles. The van der Waals surface area contributed by atoms with Crippen LogP contribution in [0.4, 0.5) is 5.69 Å². The van der Waals surface area contributed by atoms with Crippen LogP contribution >= 0.6 is 0 Å². The average Bonchev–Trinajstić information content (AvgIpc) is 2.64. The summed E-state index contributed by atoms with van der Waals surface area (Å²) < 4.78 is 27.0. The molecule has 2 aliphatic heterocycles. The SMILES string of the molecule is CS(=O)(=O)N1C[C@@H]2C[C@H](C1)c1ccc(NC(=O)c3cnccn3)c(=O)n1C2. The highest BCUT2D eigenvalue weighted by Crippen LogP contribution is 2.36. The topological polar surface area (TPSA) is 114 Å². The Kier molecular flexibility index (Phi) is 4.31. The Hall–Kier alpha value is -2.59. The van der Waals surface area contributed by atoms with Gasteiger partial charge < -0.3 is 9.88 Å². The first-order valence-corrected chi connectivity index (χ1v) is 10.4. The molecule has 142 valence electrons. The van der Waals surface area contributed by atoms with E-state index >= 15 is 0 Å². The highest BCUT2D eigenvalue weighted by atomic mass is 32.2. The normalized spacial score (nSPS) is 22.1. The summed E-state index contributed by atoms with van der Waals surface area (Å²) in [6, 6.07) is 3.36. The molecule has 4 heterocycles. The van der Waals surface area contributed by atoms with Crippen molar-refractivity contribution in [1.82, 2.24) is 18.8 Å². The molecule has 2 aliphatic rings. The van der Waals surface area contributed by atoms with Crippen molar-refractivity contribution >= 4 is 21.6 Å². The third-order valence-corrected chi connectivity index (χ3v) is 6.32. The van der Waals surface area contributed by atoms with Gasteiger partial charge in [-0.05, 0) is 24.5 Å². The molecule has 27 heavy (non-hydrogen) atoms. The fourth-order valence-corrected chi connectivity index (χ4v) is 4.80. The van der Waals surface area contributed by atoms with E-state index in [1.165, 1.54) is 29.2 Å². The van der Waals surface area contributed by atoms with E-state index in [-0.39, 0.29) is 28.8 Å². The number of nitrogens with one attached hydrogen (secondary N) is 1. The molecule has 0 spiro atoms. The molecular weight excluding hydrogens is 370 g/mol. The molecule has 1 amide bonds. The van der Waals surface area contributed by atoms with Crippen molar-refractivity contribution in [2.75, 3.05) is 24.7 Å². The van der Waals surface area contributed by atoms with Crippen LogP contribution < -0.4 is 10.9 Å². The van der Waals surface area contributed by atoms with Gasteiger partial charge in [-0.15, -0.1) is 0 Å². The number of pyridine rings is 1. The zero-order chi connectivity index (χ0) is 19.2. The minimum absolute atomic E-state index is 0.0235. The van der Waals surface area contributed by atoms with Gasteiger partial charge in [0.15, 0.2) is 0 Å². The van der Waals surface area contributed by atoms with Gasteiger partial charge in [-0.3, -0.25) is 14.6 Å². The molecule has 2 aromatic rings. The maximum atomic E-state index is 12.9. The minimum Gasteiger partial charge on any atom is -0.316 e. The van der Waals surface area contributed by atoms with Crippen LogP contribution in [0.25, 0.3) is 0 Å². The Morgan fingerprint density at radius 1 is 1.22 bits per heavy atom. The van der Waals surface area contributed by atoms with Gasteiger partial charge in [-0.25, -0.2) is 17.7 Å². The summed E-state index contributed by atoms with van der Waals surface area (Å²) in [4.78, 5) is 32.9. The number of aromatic nitrogens is 3. The van der Waals surface area contributed by atoms with Crippen molar-refractivity contribution in [3.8, 4) is 0 Å². The standard InChI is InChI=1S/C17H19N5O4S/c1-27(25,26)21-8-11-6-12(10-21)15-3-2-13(17(24)22(15)9-11)20-16(23)14-7-18-4-5-19-14/h2-5,7,11-12H,6,8-10H2,1H3,(H,20,23)/t11-,12+/m0/s1. The van der Waals surface area contributed by atoms with Gasteiger partial charge in [0.2, 0.25) is 10.0 Å². The maximum absolute atomic E-state index is 12.9. The number of fused-ring (bicyclic) bond motifs is 4. The zero-order valence-electron chi connectivity index (χ0n) is 14.7. The number of carbonyl (C=O) groups excluding carboxylic acids is 1. The van der Waals surface area contributed by atoms with Crippen LogP contribution in [0, 0.1) is 5.92 Å². The molecule has 2 bridgehead atoms. The first-order valence-electron chi connectivity index (χ1n) is 8.59. The van der Waals surface area contributed by atoms with Crippen LogP contribution in [0.3, 0.4) is 0 Å². The first kappa shape index (κ1) is 17.8. The predicted octanol–water partition coefficient (Wildman–Crippen LogP) is 0.269. The van der Waals surface area contributed by atoms with Crippen LogP contribution in [-0.2, 0) is 16.6 Å². The lowest BCUT2D eigenvalue weighted by Gasteiger charge is -2.41. The largest absolute Gasteiger partial charge is 0.316 e. The fourth-order valence-electron chi connectivity index (χ4n) is 3.87. The number of carbonyl (C=O) groups is 1. The minimum atomic E-state index is -3.26. The molecule has 9 nitrogen and oxygen atoms in total. The summed E-state index contributed by atoms with van der Waals surface area (Å²) in [5.74, 6) is -0.445. The molecule has 2 aromatic heterocycles. The van der Waals surface area contributed by atoms with Crippen LogP contribution in [0.15, 0.2) is 35.5 Å². The molecule has 1 saturated heterocycles. The quantitative estimate of drug-likeness (QED) is 0.806. The summed E-state index contributed by atoms with van der Waals surface area (Å²) in [7, 11) is -3.26. The van der Waals surface area contributed by atoms with Crippen molar-refractivity contribution in [1.29, 1.82) is 0 Å². The number of hydrogen-bond donors (Lipinski definition) is 1. The number of hydrogen-bond acceptors (Lipinski definition) is 6. The maximum Gasteiger partial charge on any atom is 0.276 e. The highest BCUT2D eigenvalue weighted by Gasteiger charge is 2.37. The third kappa shape index (κ3) is 3.37. The highest BCUT2D eigenvalue weighted by molar-refractivity contribution is 7.88. The Morgan fingerprint density at radius 2 is 2.04 bits per heavy atom. The molecule has 0 saturated carbocycles. The van der Waals surface area contributed by atoms with Crippen molar-refractivity contribution in [2.45, 2.75) is 18.9 Å². The number of rotatable bonds is 3. The molecule has 4 rings (SSSR count). The first-order chi connectivity index (χ1) is 12.8. The van der Waals surface area contributed by atoms with Crippen molar-refractivity contribution in [3.05, 3.63) is 52.5 Å². The Morgan fingerprint density at radius 3 is 2.74 bits per heavy atom. The second-order valence-corrected chi connectivity index (χ2v) is 8.99. The number of nitrogens with zero attached hydrogens (tertiary/aromatic N) is 4. The van der Waals surface area contributed by atoms with Crippen LogP contribution in [0.2, 0.25) is 0 Å². The fraction of sp³-hybridized carbons (Fsp3) is 0.412. The van der Waals surface area contributed by atoms with Crippen molar-refractivity contribution in [2.24, 2.45) is 5.92 Å². The van der Waals surface area contributed by atoms with E-state index in [0.29, 0.717) is 19.6 Å². The van der Waals surface area contributed by atoms with Gasteiger partial charge in [-0.1, -0.05) is 0 Å². The van der Waals surface area contributed by atoms with Crippen molar-refractivity contribution in [3.63, 3.8) is 0 Å². The summed E-state index contributed by atoms with van der Waals surface area (Å²) >= 11 is 0. The van der Waals surface area contributed by atoms with E-state index in [1.54, 1.807) is 16.7 Å². The summed E-state index contributed by atoms with van der Waals surface area (Å²) in [5.41, 5.74) is 0.823. The van der Waals surface area contributed by atoms with Gasteiger partial charge in [0.1, 0.15) is 11.4 Å². The second kappa shape index (κ2) is 6.54. The molecule has 1 N–H and O–H groups in total. The van der Waals surface area contributed by atoms with E-state index < -0.39 is 15.9 Å². The van der Waals surface area contributed by atoms with Crippen molar-refractivity contribution < 1.29 is 13.2 Å². The Labute approximate surface area is 156 Å². The van der Waals surface area contributed by atoms with E-state index in [4.69, 9.17) is 0 Å². The van der Waals surface area contributed by atoms with Gasteiger partial charge in [-0.2, -0.15) is 0 Å². The number of piperidine rings is 1. The van der Waals surface area contributed by atoms with Crippen LogP contribution in [0.5, 0.6) is 0 Å². The average molecular weight is 389 g/mol.